The van der Waals surface area contributed by atoms with Crippen LogP contribution in [0.1, 0.15) is 13.8 Å². The van der Waals surface area contributed by atoms with Crippen molar-refractivity contribution in [2.45, 2.75) is 35.7 Å². The quantitative estimate of drug-likeness (QED) is 0.809. The second-order valence-electron chi connectivity index (χ2n) is 5.86. The van der Waals surface area contributed by atoms with Gasteiger partial charge in [0.2, 0.25) is 20.0 Å². The van der Waals surface area contributed by atoms with E-state index in [-0.39, 0.29) is 34.3 Å². The molecule has 10 heteroatoms. The Labute approximate surface area is 150 Å². The smallest absolute Gasteiger partial charge is 0.243 e. The third-order valence-electron chi connectivity index (χ3n) is 4.17. The number of halogens is 1. The predicted octanol–water partition coefficient (Wildman–Crippen LogP) is 0.730. The van der Waals surface area contributed by atoms with Gasteiger partial charge in [-0.2, -0.15) is 4.31 Å². The number of hydrogen-bond donors (Lipinski definition) is 1. The molecular weight excluding hydrogens is 374 g/mol. The lowest BCUT2D eigenvalue weighted by molar-refractivity contribution is 0.233. The van der Waals surface area contributed by atoms with Crippen LogP contribution in [-0.2, 0) is 20.0 Å². The number of nitrogens with one attached hydrogen (secondary N) is 1. The maximum absolute atomic E-state index is 12.9. The van der Waals surface area contributed by atoms with Crippen molar-refractivity contribution in [2.24, 2.45) is 0 Å². The summed E-state index contributed by atoms with van der Waals surface area (Å²) in [5.74, 6) is 0. The normalized spacial score (nSPS) is 23.0. The molecule has 0 radical (unpaired) electrons. The Morgan fingerprint density at radius 1 is 1.12 bits per heavy atom. The van der Waals surface area contributed by atoms with Gasteiger partial charge in [-0.15, -0.1) is 12.4 Å². The third-order valence-corrected chi connectivity index (χ3v) is 7.96. The number of nitrogens with zero attached hydrogens (tertiary/aromatic N) is 2. The summed E-state index contributed by atoms with van der Waals surface area (Å²) < 4.78 is 52.7. The zero-order chi connectivity index (χ0) is 17.4. The molecule has 1 heterocycles. The predicted molar refractivity (Wildman–Crippen MR) is 95.4 cm³/mol. The van der Waals surface area contributed by atoms with E-state index in [1.165, 1.54) is 42.7 Å². The average molecular weight is 398 g/mol. The zero-order valence-corrected chi connectivity index (χ0v) is 16.6. The SMILES string of the molecule is CC1NCCN(S(=O)(=O)c2cccc(S(=O)(=O)N(C)C)c2)C1C.Cl. The molecule has 1 saturated heterocycles. The highest BCUT2D eigenvalue weighted by atomic mass is 35.5. The maximum Gasteiger partial charge on any atom is 0.243 e. The molecule has 1 aromatic rings. The van der Waals surface area contributed by atoms with E-state index < -0.39 is 20.0 Å². The first kappa shape index (κ1) is 21.3. The van der Waals surface area contributed by atoms with Gasteiger partial charge in [0.25, 0.3) is 0 Å². The summed E-state index contributed by atoms with van der Waals surface area (Å²) in [5, 5.41) is 3.23. The fraction of sp³-hybridized carbons (Fsp3) is 0.571. The lowest BCUT2D eigenvalue weighted by Crippen LogP contribution is -2.57. The molecule has 0 aromatic heterocycles. The number of rotatable bonds is 4. The van der Waals surface area contributed by atoms with Gasteiger partial charge in [0.05, 0.1) is 9.79 Å². The van der Waals surface area contributed by atoms with E-state index in [1.54, 1.807) is 0 Å². The largest absolute Gasteiger partial charge is 0.311 e. The van der Waals surface area contributed by atoms with Gasteiger partial charge in [0.15, 0.2) is 0 Å². The van der Waals surface area contributed by atoms with E-state index in [9.17, 15) is 16.8 Å². The van der Waals surface area contributed by atoms with Crippen LogP contribution in [0.15, 0.2) is 34.1 Å². The van der Waals surface area contributed by atoms with Crippen LogP contribution >= 0.6 is 12.4 Å². The van der Waals surface area contributed by atoms with Gasteiger partial charge < -0.3 is 5.32 Å². The number of hydrogen-bond acceptors (Lipinski definition) is 5. The minimum absolute atomic E-state index is 0. The van der Waals surface area contributed by atoms with Crippen LogP contribution in [0.2, 0.25) is 0 Å². The first-order valence-electron chi connectivity index (χ1n) is 7.36. The van der Waals surface area contributed by atoms with Crippen LogP contribution in [0, 0.1) is 0 Å². The van der Waals surface area contributed by atoms with Crippen LogP contribution in [0.25, 0.3) is 0 Å². The Morgan fingerprint density at radius 3 is 2.29 bits per heavy atom. The molecule has 0 bridgehead atoms. The van der Waals surface area contributed by atoms with Crippen molar-refractivity contribution in [3.05, 3.63) is 24.3 Å². The topological polar surface area (TPSA) is 86.8 Å². The van der Waals surface area contributed by atoms with Crippen molar-refractivity contribution < 1.29 is 16.8 Å². The average Bonchev–Trinajstić information content (AvgIpc) is 2.49. The lowest BCUT2D eigenvalue weighted by atomic mass is 10.1. The van der Waals surface area contributed by atoms with Crippen LogP contribution in [0.5, 0.6) is 0 Å². The summed E-state index contributed by atoms with van der Waals surface area (Å²) in [6.45, 7) is 4.70. The Balaban J connectivity index is 0.00000288. The molecule has 0 amide bonds. The molecule has 1 aliphatic rings. The van der Waals surface area contributed by atoms with Crippen LogP contribution in [-0.4, -0.2) is 64.7 Å². The van der Waals surface area contributed by atoms with Gasteiger partial charge in [-0.3, -0.25) is 0 Å². The zero-order valence-electron chi connectivity index (χ0n) is 14.1. The number of piperazine rings is 1. The molecule has 2 unspecified atom stereocenters. The summed E-state index contributed by atoms with van der Waals surface area (Å²) in [5.41, 5.74) is 0. The maximum atomic E-state index is 12.9. The summed E-state index contributed by atoms with van der Waals surface area (Å²) in [6, 6.07) is 5.35. The fourth-order valence-corrected chi connectivity index (χ4v) is 5.28. The molecule has 2 rings (SSSR count). The van der Waals surface area contributed by atoms with E-state index in [0.29, 0.717) is 13.1 Å². The van der Waals surface area contributed by atoms with Gasteiger partial charge in [0.1, 0.15) is 0 Å². The Bertz CT molecular complexity index is 781. The molecule has 2 atom stereocenters. The lowest BCUT2D eigenvalue weighted by Gasteiger charge is -2.37. The molecule has 1 fully saturated rings. The molecule has 138 valence electrons. The van der Waals surface area contributed by atoms with E-state index >= 15 is 0 Å². The molecule has 0 saturated carbocycles. The highest BCUT2D eigenvalue weighted by Gasteiger charge is 2.35. The van der Waals surface area contributed by atoms with Crippen molar-refractivity contribution in [3.8, 4) is 0 Å². The van der Waals surface area contributed by atoms with Crippen molar-refractivity contribution in [2.75, 3.05) is 27.2 Å². The number of benzene rings is 1. The Kier molecular flexibility index (Phi) is 6.82. The first-order chi connectivity index (χ1) is 10.6. The molecule has 1 aromatic carbocycles. The first-order valence-corrected chi connectivity index (χ1v) is 10.2. The summed E-state index contributed by atoms with van der Waals surface area (Å²) in [4.78, 5) is -0.0271. The minimum atomic E-state index is -3.74. The van der Waals surface area contributed by atoms with Gasteiger partial charge in [-0.1, -0.05) is 6.07 Å². The summed E-state index contributed by atoms with van der Waals surface area (Å²) in [6.07, 6.45) is 0. The second-order valence-corrected chi connectivity index (χ2v) is 9.90. The summed E-state index contributed by atoms with van der Waals surface area (Å²) in [7, 11) is -4.59. The molecule has 0 aliphatic carbocycles. The van der Waals surface area contributed by atoms with E-state index in [4.69, 9.17) is 0 Å². The molecule has 24 heavy (non-hydrogen) atoms. The van der Waals surface area contributed by atoms with Crippen molar-refractivity contribution in [1.82, 2.24) is 13.9 Å². The van der Waals surface area contributed by atoms with E-state index in [2.05, 4.69) is 5.32 Å². The van der Waals surface area contributed by atoms with Crippen LogP contribution in [0.3, 0.4) is 0 Å². The van der Waals surface area contributed by atoms with Gasteiger partial charge >= 0.3 is 0 Å². The van der Waals surface area contributed by atoms with E-state index in [1.807, 2.05) is 13.8 Å². The molecule has 0 spiro atoms. The Morgan fingerprint density at radius 2 is 1.71 bits per heavy atom. The molecular formula is C14H24ClN3O4S2. The van der Waals surface area contributed by atoms with Crippen molar-refractivity contribution >= 4 is 32.5 Å². The molecule has 1 N–H and O–H groups in total. The van der Waals surface area contributed by atoms with E-state index in [0.717, 1.165) is 4.31 Å². The van der Waals surface area contributed by atoms with Gasteiger partial charge in [-0.05, 0) is 32.0 Å². The standard InChI is InChI=1S/C14H23N3O4S2.ClH/c1-11-12(2)17(9-8-15-11)23(20,21)14-7-5-6-13(10-14)22(18,19)16(3)4;/h5-7,10-12,15H,8-9H2,1-4H3;1H. The fourth-order valence-electron chi connectivity index (χ4n) is 2.51. The molecule has 1 aliphatic heterocycles. The minimum Gasteiger partial charge on any atom is -0.311 e. The second kappa shape index (κ2) is 7.67. The number of sulfonamides is 2. The third kappa shape index (κ3) is 3.92. The van der Waals surface area contributed by atoms with Crippen LogP contribution < -0.4 is 5.32 Å². The Hall–Kier alpha value is -0.710. The monoisotopic (exact) mass is 397 g/mol. The van der Waals surface area contributed by atoms with Gasteiger partial charge in [-0.25, -0.2) is 21.1 Å². The molecule has 7 nitrogen and oxygen atoms in total. The highest BCUT2D eigenvalue weighted by molar-refractivity contribution is 7.90. The highest BCUT2D eigenvalue weighted by Crippen LogP contribution is 2.24. The van der Waals surface area contributed by atoms with Gasteiger partial charge in [0, 0.05) is 39.3 Å². The van der Waals surface area contributed by atoms with Crippen molar-refractivity contribution in [3.63, 3.8) is 0 Å². The van der Waals surface area contributed by atoms with Crippen molar-refractivity contribution in [1.29, 1.82) is 0 Å². The summed E-state index contributed by atoms with van der Waals surface area (Å²) >= 11 is 0. The van der Waals surface area contributed by atoms with Crippen LogP contribution in [0.4, 0.5) is 0 Å².